The number of hydrogen-bond acceptors (Lipinski definition) is 5. The highest BCUT2D eigenvalue weighted by atomic mass is 16.6. The molecule has 0 aromatic carbocycles. The van der Waals surface area contributed by atoms with E-state index >= 15 is 0 Å². The Balaban J connectivity index is 1.77. The number of aromatic nitrogens is 1. The minimum Gasteiger partial charge on any atom is -0.495 e. The van der Waals surface area contributed by atoms with Gasteiger partial charge in [-0.1, -0.05) is 0 Å². The van der Waals surface area contributed by atoms with E-state index in [1.807, 2.05) is 6.07 Å². The number of hydrogen-bond donors (Lipinski definition) is 1. The Morgan fingerprint density at radius 2 is 2.40 bits per heavy atom. The van der Waals surface area contributed by atoms with Crippen LogP contribution in [0.1, 0.15) is 30.9 Å². The maximum atomic E-state index is 10.7. The summed E-state index contributed by atoms with van der Waals surface area (Å²) in [7, 11) is 1.60. The van der Waals surface area contributed by atoms with Gasteiger partial charge in [0.15, 0.2) is 0 Å². The molecule has 2 aliphatic heterocycles. The molecule has 2 fully saturated rings. The van der Waals surface area contributed by atoms with Gasteiger partial charge in [-0.15, -0.1) is 0 Å². The Bertz CT molecular complexity index is 459. The van der Waals surface area contributed by atoms with Crippen molar-refractivity contribution in [1.29, 1.82) is 0 Å². The molecular weight excluding hydrogens is 258 g/mol. The van der Waals surface area contributed by atoms with Crippen LogP contribution in [0.2, 0.25) is 0 Å². The van der Waals surface area contributed by atoms with Crippen LogP contribution >= 0.6 is 0 Å². The van der Waals surface area contributed by atoms with Crippen LogP contribution in [0.5, 0.6) is 5.75 Å². The fraction of sp³-hybridized carbons (Fsp3) is 0.667. The van der Waals surface area contributed by atoms with Gasteiger partial charge < -0.3 is 19.3 Å². The molecule has 3 unspecified atom stereocenters. The van der Waals surface area contributed by atoms with E-state index in [0.717, 1.165) is 31.4 Å². The first-order valence-electron chi connectivity index (χ1n) is 7.12. The number of aliphatic hydroxyl groups is 1. The van der Waals surface area contributed by atoms with Gasteiger partial charge in [0.25, 0.3) is 0 Å². The molecule has 0 bridgehead atoms. The van der Waals surface area contributed by atoms with Crippen molar-refractivity contribution in [3.05, 3.63) is 24.0 Å². The molecule has 3 heterocycles. The van der Waals surface area contributed by atoms with Gasteiger partial charge in [-0.05, 0) is 24.8 Å². The van der Waals surface area contributed by atoms with Crippen molar-refractivity contribution in [3.8, 4) is 5.75 Å². The van der Waals surface area contributed by atoms with E-state index in [-0.39, 0.29) is 11.5 Å². The Morgan fingerprint density at radius 1 is 1.50 bits per heavy atom. The van der Waals surface area contributed by atoms with Crippen LogP contribution in [0.3, 0.4) is 0 Å². The summed E-state index contributed by atoms with van der Waals surface area (Å²) in [4.78, 5) is 4.03. The van der Waals surface area contributed by atoms with Crippen LogP contribution in [-0.2, 0) is 9.47 Å². The second kappa shape index (κ2) is 5.68. The van der Waals surface area contributed by atoms with E-state index in [9.17, 15) is 5.11 Å². The molecule has 3 rings (SSSR count). The molecular formula is C15H21NO4. The van der Waals surface area contributed by atoms with Crippen molar-refractivity contribution in [2.24, 2.45) is 5.92 Å². The third kappa shape index (κ3) is 2.53. The molecule has 1 aromatic heterocycles. The number of ether oxygens (including phenoxy) is 3. The van der Waals surface area contributed by atoms with Crippen LogP contribution in [0, 0.1) is 5.92 Å². The molecule has 1 N–H and O–H groups in total. The van der Waals surface area contributed by atoms with Crippen molar-refractivity contribution in [3.63, 3.8) is 0 Å². The largest absolute Gasteiger partial charge is 0.495 e. The predicted octanol–water partition coefficient (Wildman–Crippen LogP) is 1.71. The van der Waals surface area contributed by atoms with E-state index in [0.29, 0.717) is 19.0 Å². The topological polar surface area (TPSA) is 60.8 Å². The van der Waals surface area contributed by atoms with Crippen LogP contribution in [-0.4, -0.2) is 42.6 Å². The molecule has 2 saturated heterocycles. The van der Waals surface area contributed by atoms with Gasteiger partial charge >= 0.3 is 0 Å². The normalized spacial score (nSPS) is 31.4. The lowest BCUT2D eigenvalue weighted by atomic mass is 9.80. The summed E-state index contributed by atoms with van der Waals surface area (Å²) < 4.78 is 16.7. The molecule has 5 nitrogen and oxygen atoms in total. The highest BCUT2D eigenvalue weighted by Gasteiger charge is 2.43. The van der Waals surface area contributed by atoms with Gasteiger partial charge in [0.2, 0.25) is 0 Å². The Hall–Kier alpha value is -1.17. The smallest absolute Gasteiger partial charge is 0.142 e. The van der Waals surface area contributed by atoms with Gasteiger partial charge in [0.05, 0.1) is 31.6 Å². The highest BCUT2D eigenvalue weighted by molar-refractivity contribution is 5.32. The maximum Gasteiger partial charge on any atom is 0.142 e. The van der Waals surface area contributed by atoms with Crippen LogP contribution < -0.4 is 4.74 Å². The Kier molecular flexibility index (Phi) is 3.92. The number of aliphatic hydroxyl groups excluding tert-OH is 1. The van der Waals surface area contributed by atoms with Crippen molar-refractivity contribution < 1.29 is 19.3 Å². The standard InChI is InChI=1S/C15H21NO4/c1-18-13-9-16-5-2-12(13)14(17)11-3-6-20-15(8-11)4-7-19-10-15/h2,5,9,11,14,17H,3-4,6-8,10H2,1H3. The zero-order chi connectivity index (χ0) is 14.0. The first-order valence-corrected chi connectivity index (χ1v) is 7.12. The summed E-state index contributed by atoms with van der Waals surface area (Å²) in [6.45, 7) is 2.07. The average molecular weight is 279 g/mol. The maximum absolute atomic E-state index is 10.7. The number of methoxy groups -OCH3 is 1. The fourth-order valence-corrected chi connectivity index (χ4v) is 3.26. The SMILES string of the molecule is COc1cnccc1C(O)C1CCOC2(CCOC2)C1. The molecule has 0 saturated carbocycles. The van der Waals surface area contributed by atoms with E-state index in [1.54, 1.807) is 19.5 Å². The van der Waals surface area contributed by atoms with Gasteiger partial charge in [-0.3, -0.25) is 4.98 Å². The van der Waals surface area contributed by atoms with Crippen LogP contribution in [0.15, 0.2) is 18.5 Å². The first kappa shape index (κ1) is 13.8. The van der Waals surface area contributed by atoms with Crippen molar-refractivity contribution in [1.82, 2.24) is 4.98 Å². The summed E-state index contributed by atoms with van der Waals surface area (Å²) in [6, 6.07) is 1.83. The number of nitrogens with zero attached hydrogens (tertiary/aromatic N) is 1. The molecule has 5 heteroatoms. The first-order chi connectivity index (χ1) is 9.74. The minimum absolute atomic E-state index is 0.168. The van der Waals surface area contributed by atoms with Gasteiger partial charge in [-0.2, -0.15) is 0 Å². The van der Waals surface area contributed by atoms with Crippen LogP contribution in [0.25, 0.3) is 0 Å². The summed E-state index contributed by atoms with van der Waals surface area (Å²) in [6.07, 6.45) is 5.40. The van der Waals surface area contributed by atoms with E-state index in [2.05, 4.69) is 4.98 Å². The molecule has 1 aromatic rings. The van der Waals surface area contributed by atoms with Gasteiger partial charge in [-0.25, -0.2) is 0 Å². The highest BCUT2D eigenvalue weighted by Crippen LogP contribution is 2.42. The quantitative estimate of drug-likeness (QED) is 0.912. The van der Waals surface area contributed by atoms with Crippen molar-refractivity contribution >= 4 is 0 Å². The molecule has 20 heavy (non-hydrogen) atoms. The zero-order valence-electron chi connectivity index (χ0n) is 11.7. The fourth-order valence-electron chi connectivity index (χ4n) is 3.26. The van der Waals surface area contributed by atoms with E-state index in [1.165, 1.54) is 0 Å². The number of rotatable bonds is 3. The third-order valence-corrected chi connectivity index (χ3v) is 4.40. The Labute approximate surface area is 118 Å². The molecule has 0 amide bonds. The lowest BCUT2D eigenvalue weighted by Crippen LogP contribution is -2.41. The van der Waals surface area contributed by atoms with Crippen molar-refractivity contribution in [2.75, 3.05) is 26.9 Å². The second-order valence-corrected chi connectivity index (χ2v) is 5.65. The summed E-state index contributed by atoms with van der Waals surface area (Å²) in [5.41, 5.74) is 0.618. The molecule has 110 valence electrons. The average Bonchev–Trinajstić information content (AvgIpc) is 2.94. The zero-order valence-corrected chi connectivity index (χ0v) is 11.7. The van der Waals surface area contributed by atoms with Crippen molar-refractivity contribution in [2.45, 2.75) is 31.0 Å². The summed E-state index contributed by atoms with van der Waals surface area (Å²) in [5, 5.41) is 10.7. The lowest BCUT2D eigenvalue weighted by Gasteiger charge is -2.39. The molecule has 3 atom stereocenters. The molecule has 0 radical (unpaired) electrons. The molecule has 1 spiro atoms. The predicted molar refractivity (Wildman–Crippen MR) is 72.6 cm³/mol. The summed E-state index contributed by atoms with van der Waals surface area (Å²) in [5.74, 6) is 0.810. The third-order valence-electron chi connectivity index (χ3n) is 4.40. The molecule has 0 aliphatic carbocycles. The lowest BCUT2D eigenvalue weighted by molar-refractivity contribution is -0.117. The van der Waals surface area contributed by atoms with Gasteiger partial charge in [0.1, 0.15) is 5.75 Å². The summed E-state index contributed by atoms with van der Waals surface area (Å²) >= 11 is 0. The van der Waals surface area contributed by atoms with E-state index < -0.39 is 6.10 Å². The monoisotopic (exact) mass is 279 g/mol. The van der Waals surface area contributed by atoms with Gasteiger partial charge in [0, 0.05) is 31.4 Å². The second-order valence-electron chi connectivity index (χ2n) is 5.65. The van der Waals surface area contributed by atoms with Crippen LogP contribution in [0.4, 0.5) is 0 Å². The number of pyridine rings is 1. The Morgan fingerprint density at radius 3 is 3.15 bits per heavy atom. The van der Waals surface area contributed by atoms with E-state index in [4.69, 9.17) is 14.2 Å². The molecule has 2 aliphatic rings. The minimum atomic E-state index is -0.547.